The van der Waals surface area contributed by atoms with Crippen LogP contribution >= 0.6 is 22.7 Å². The highest BCUT2D eigenvalue weighted by Gasteiger charge is 2.19. The van der Waals surface area contributed by atoms with Crippen molar-refractivity contribution in [3.8, 4) is 0 Å². The number of benzene rings is 1. The average Bonchev–Trinajstić information content (AvgIpc) is 3.44. The molecule has 30 heavy (non-hydrogen) atoms. The topological polar surface area (TPSA) is 95.6 Å². The number of amides is 1. The predicted octanol–water partition coefficient (Wildman–Crippen LogP) is 3.40. The summed E-state index contributed by atoms with van der Waals surface area (Å²) in [5, 5.41) is 13.4. The van der Waals surface area contributed by atoms with Crippen LogP contribution in [0.25, 0.3) is 0 Å². The van der Waals surface area contributed by atoms with Crippen molar-refractivity contribution in [2.24, 2.45) is 0 Å². The standard InChI is InChI=1S/C20H21N5O3S2/c1-28-19(27)17-14(6-11-29-17)23-20-24-15(12-30-20)18(26)22-13-4-2-3-5-16(13)25-9-7-21-8-10-25/h2-6,11-12,21H,7-10H2,1H3,(H,22,26)(H,23,24). The second-order valence-electron chi connectivity index (χ2n) is 6.53. The van der Waals surface area contributed by atoms with Crippen LogP contribution in [0.5, 0.6) is 0 Å². The maximum atomic E-state index is 12.8. The molecular formula is C20H21N5O3S2. The lowest BCUT2D eigenvalue weighted by Crippen LogP contribution is -2.43. The Morgan fingerprint density at radius 1 is 1.13 bits per heavy atom. The Balaban J connectivity index is 1.47. The molecule has 1 aliphatic heterocycles. The van der Waals surface area contributed by atoms with Gasteiger partial charge in [0, 0.05) is 31.6 Å². The first-order chi connectivity index (χ1) is 14.7. The zero-order valence-corrected chi connectivity index (χ0v) is 17.9. The molecule has 0 unspecified atom stereocenters. The molecule has 8 nitrogen and oxygen atoms in total. The number of esters is 1. The van der Waals surface area contributed by atoms with E-state index in [0.29, 0.717) is 21.4 Å². The number of hydrogen-bond acceptors (Lipinski definition) is 9. The third kappa shape index (κ3) is 4.45. The summed E-state index contributed by atoms with van der Waals surface area (Å²) in [6.07, 6.45) is 0. The lowest BCUT2D eigenvalue weighted by atomic mass is 10.2. The predicted molar refractivity (Wildman–Crippen MR) is 121 cm³/mol. The molecule has 0 saturated carbocycles. The van der Waals surface area contributed by atoms with E-state index in [9.17, 15) is 9.59 Å². The van der Waals surface area contributed by atoms with Gasteiger partial charge in [-0.3, -0.25) is 4.79 Å². The molecular weight excluding hydrogens is 422 g/mol. The van der Waals surface area contributed by atoms with Crippen molar-refractivity contribution in [3.63, 3.8) is 0 Å². The summed E-state index contributed by atoms with van der Waals surface area (Å²) in [5.41, 5.74) is 2.68. The second kappa shape index (κ2) is 9.24. The molecule has 0 spiro atoms. The summed E-state index contributed by atoms with van der Waals surface area (Å²) < 4.78 is 4.79. The zero-order chi connectivity index (χ0) is 20.9. The van der Waals surface area contributed by atoms with Crippen LogP contribution in [0.4, 0.5) is 22.2 Å². The highest BCUT2D eigenvalue weighted by Crippen LogP contribution is 2.29. The van der Waals surface area contributed by atoms with E-state index < -0.39 is 5.97 Å². The van der Waals surface area contributed by atoms with Crippen molar-refractivity contribution < 1.29 is 14.3 Å². The van der Waals surface area contributed by atoms with Crippen molar-refractivity contribution in [1.29, 1.82) is 0 Å². The smallest absolute Gasteiger partial charge is 0.350 e. The van der Waals surface area contributed by atoms with Crippen molar-refractivity contribution in [2.45, 2.75) is 0 Å². The lowest BCUT2D eigenvalue weighted by Gasteiger charge is -2.31. The number of rotatable bonds is 6. The van der Waals surface area contributed by atoms with Gasteiger partial charge in [0.15, 0.2) is 5.13 Å². The first-order valence-electron chi connectivity index (χ1n) is 9.40. The Kier molecular flexibility index (Phi) is 6.26. The first-order valence-corrected chi connectivity index (χ1v) is 11.2. The summed E-state index contributed by atoms with van der Waals surface area (Å²) >= 11 is 2.58. The normalized spacial score (nSPS) is 13.7. The Hall–Kier alpha value is -2.95. The average molecular weight is 444 g/mol. The van der Waals surface area contributed by atoms with Gasteiger partial charge in [-0.25, -0.2) is 9.78 Å². The van der Waals surface area contributed by atoms with Gasteiger partial charge in [0.2, 0.25) is 0 Å². The molecule has 3 aromatic rings. The Morgan fingerprint density at radius 2 is 1.93 bits per heavy atom. The number of hydrogen-bond donors (Lipinski definition) is 3. The molecule has 156 valence electrons. The number of aromatic nitrogens is 1. The fraction of sp³-hybridized carbons (Fsp3) is 0.250. The van der Waals surface area contributed by atoms with Gasteiger partial charge >= 0.3 is 5.97 Å². The molecule has 1 aromatic carbocycles. The maximum Gasteiger partial charge on any atom is 0.350 e. The lowest BCUT2D eigenvalue weighted by molar-refractivity contribution is 0.0607. The summed E-state index contributed by atoms with van der Waals surface area (Å²) in [6.45, 7) is 3.61. The summed E-state index contributed by atoms with van der Waals surface area (Å²) in [4.78, 5) is 31.7. The quantitative estimate of drug-likeness (QED) is 0.503. The number of ether oxygens (including phenoxy) is 1. The van der Waals surface area contributed by atoms with Crippen molar-refractivity contribution in [2.75, 3.05) is 48.8 Å². The van der Waals surface area contributed by atoms with E-state index in [1.165, 1.54) is 29.8 Å². The van der Waals surface area contributed by atoms with Crippen LogP contribution in [0.3, 0.4) is 0 Å². The van der Waals surface area contributed by atoms with Crippen LogP contribution in [0, 0.1) is 0 Å². The molecule has 0 radical (unpaired) electrons. The fourth-order valence-electron chi connectivity index (χ4n) is 3.16. The van der Waals surface area contributed by atoms with Crippen LogP contribution in [-0.4, -0.2) is 50.1 Å². The third-order valence-electron chi connectivity index (χ3n) is 4.62. The Morgan fingerprint density at radius 3 is 2.73 bits per heavy atom. The van der Waals surface area contributed by atoms with Crippen LogP contribution in [-0.2, 0) is 4.74 Å². The number of methoxy groups -OCH3 is 1. The molecule has 1 saturated heterocycles. The molecule has 3 N–H and O–H groups in total. The number of para-hydroxylation sites is 2. The van der Waals surface area contributed by atoms with Gasteiger partial charge in [-0.1, -0.05) is 12.1 Å². The van der Waals surface area contributed by atoms with Gasteiger partial charge in [-0.15, -0.1) is 22.7 Å². The van der Waals surface area contributed by atoms with E-state index in [-0.39, 0.29) is 5.91 Å². The van der Waals surface area contributed by atoms with Gasteiger partial charge < -0.3 is 25.6 Å². The number of piperazine rings is 1. The number of nitrogens with one attached hydrogen (secondary N) is 3. The number of anilines is 4. The zero-order valence-electron chi connectivity index (χ0n) is 16.3. The minimum atomic E-state index is -0.411. The Labute approximate surface area is 181 Å². The molecule has 0 aliphatic carbocycles. The molecule has 1 amide bonds. The number of thiophene rings is 1. The summed E-state index contributed by atoms with van der Waals surface area (Å²) in [5.74, 6) is -0.688. The molecule has 10 heteroatoms. The highest BCUT2D eigenvalue weighted by molar-refractivity contribution is 7.14. The number of nitrogens with zero attached hydrogens (tertiary/aromatic N) is 2. The summed E-state index contributed by atoms with van der Waals surface area (Å²) in [6, 6.07) is 9.56. The largest absolute Gasteiger partial charge is 0.465 e. The van der Waals surface area contributed by atoms with E-state index in [1.807, 2.05) is 24.3 Å². The minimum Gasteiger partial charge on any atom is -0.465 e. The molecule has 1 aliphatic rings. The van der Waals surface area contributed by atoms with Gasteiger partial charge in [0.05, 0.1) is 24.2 Å². The van der Waals surface area contributed by atoms with Crippen LogP contribution in [0.1, 0.15) is 20.2 Å². The SMILES string of the molecule is COC(=O)c1sccc1Nc1nc(C(=O)Nc2ccccc2N2CCNCC2)cs1. The highest BCUT2D eigenvalue weighted by atomic mass is 32.1. The monoisotopic (exact) mass is 443 g/mol. The molecule has 4 rings (SSSR count). The van der Waals surface area contributed by atoms with Crippen LogP contribution < -0.4 is 20.9 Å². The molecule has 0 bridgehead atoms. The van der Waals surface area contributed by atoms with Gasteiger partial charge in [0.1, 0.15) is 10.6 Å². The number of thiazole rings is 1. The van der Waals surface area contributed by atoms with Gasteiger partial charge in [0.25, 0.3) is 5.91 Å². The van der Waals surface area contributed by atoms with E-state index in [4.69, 9.17) is 4.74 Å². The fourth-order valence-corrected chi connectivity index (χ4v) is 4.63. The Bertz CT molecular complexity index is 1040. The van der Waals surface area contributed by atoms with E-state index >= 15 is 0 Å². The number of carbonyl (C=O) groups excluding carboxylic acids is 2. The van der Waals surface area contributed by atoms with Crippen LogP contribution in [0.15, 0.2) is 41.1 Å². The van der Waals surface area contributed by atoms with E-state index in [2.05, 4.69) is 25.8 Å². The van der Waals surface area contributed by atoms with Crippen LogP contribution in [0.2, 0.25) is 0 Å². The minimum absolute atomic E-state index is 0.277. The van der Waals surface area contributed by atoms with E-state index in [1.54, 1.807) is 16.8 Å². The maximum absolute atomic E-state index is 12.8. The van der Waals surface area contributed by atoms with Crippen molar-refractivity contribution in [1.82, 2.24) is 10.3 Å². The molecule has 0 atom stereocenters. The molecule has 2 aromatic heterocycles. The van der Waals surface area contributed by atoms with Gasteiger partial charge in [-0.2, -0.15) is 0 Å². The second-order valence-corrected chi connectivity index (χ2v) is 8.30. The van der Waals surface area contributed by atoms with Crippen molar-refractivity contribution >= 4 is 56.7 Å². The first kappa shape index (κ1) is 20.3. The summed E-state index contributed by atoms with van der Waals surface area (Å²) in [7, 11) is 1.34. The van der Waals surface area contributed by atoms with Crippen molar-refractivity contribution in [3.05, 3.63) is 51.7 Å². The third-order valence-corrected chi connectivity index (χ3v) is 6.28. The molecule has 3 heterocycles. The van der Waals surface area contributed by atoms with Gasteiger partial charge in [-0.05, 0) is 23.6 Å². The number of carbonyl (C=O) groups is 2. The molecule has 1 fully saturated rings. The van der Waals surface area contributed by atoms with E-state index in [0.717, 1.165) is 37.6 Å².